The van der Waals surface area contributed by atoms with Gasteiger partial charge in [0.25, 0.3) is 0 Å². The van der Waals surface area contributed by atoms with Gasteiger partial charge < -0.3 is 0 Å². The first-order valence-corrected chi connectivity index (χ1v) is 2.60. The Labute approximate surface area is 48.4 Å². The average molecular weight is 113 g/mol. The van der Waals surface area contributed by atoms with Gasteiger partial charge in [0.15, 0.2) is 0 Å². The van der Waals surface area contributed by atoms with Crippen LogP contribution in [0.15, 0.2) is 0 Å². The van der Waals surface area contributed by atoms with Crippen molar-refractivity contribution in [2.45, 2.75) is 13.8 Å². The van der Waals surface area contributed by atoms with Crippen LogP contribution < -0.4 is 10.9 Å². The molecule has 3 heteroatoms. The Morgan fingerprint density at radius 2 is 2.38 bits per heavy atom. The second kappa shape index (κ2) is 1.45. The molecule has 0 saturated carbocycles. The lowest BCUT2D eigenvalue weighted by atomic mass is 9.95. The molecule has 0 atom stereocenters. The summed E-state index contributed by atoms with van der Waals surface area (Å²) in [6, 6.07) is 0. The van der Waals surface area contributed by atoms with E-state index in [-0.39, 0.29) is 11.3 Å². The largest absolute Gasteiger partial charge is 0.273 e. The maximum absolute atomic E-state index is 10.7. The fourth-order valence-electron chi connectivity index (χ4n) is 0.532. The highest BCUT2D eigenvalue weighted by Crippen LogP contribution is 2.16. The van der Waals surface area contributed by atoms with E-state index in [0.717, 1.165) is 0 Å². The highest BCUT2D eigenvalue weighted by atomic mass is 16.2. The predicted octanol–water partition coefficient (Wildman–Crippen LogP) is -0.338. The van der Waals surface area contributed by atoms with Crippen LogP contribution in [0.2, 0.25) is 0 Å². The summed E-state index contributed by atoms with van der Waals surface area (Å²) < 4.78 is 0. The van der Waals surface area contributed by atoms with Gasteiger partial charge in [0.2, 0.25) is 5.91 Å². The summed E-state index contributed by atoms with van der Waals surface area (Å²) in [4.78, 5) is 10.7. The van der Waals surface area contributed by atoms with Crippen molar-refractivity contribution in [3.63, 3.8) is 0 Å². The lowest BCUT2D eigenvalue weighted by Crippen LogP contribution is -2.26. The lowest BCUT2D eigenvalue weighted by Gasteiger charge is -2.08. The van der Waals surface area contributed by atoms with Crippen molar-refractivity contribution < 1.29 is 4.79 Å². The van der Waals surface area contributed by atoms with Crippen LogP contribution in [-0.4, -0.2) is 12.5 Å². The maximum Gasteiger partial charge on any atom is 0.242 e. The van der Waals surface area contributed by atoms with Gasteiger partial charge in [0, 0.05) is 6.54 Å². The van der Waals surface area contributed by atoms with Crippen LogP contribution in [0.3, 0.4) is 0 Å². The van der Waals surface area contributed by atoms with Gasteiger partial charge in [-0.15, -0.1) is 5.43 Å². The zero-order valence-electron chi connectivity index (χ0n) is 5.06. The molecule has 1 heterocycles. The molecule has 1 aliphatic rings. The number of hydrogen-bond donors (Lipinski definition) is 1. The summed E-state index contributed by atoms with van der Waals surface area (Å²) in [6.45, 7) is 4.35. The van der Waals surface area contributed by atoms with E-state index in [2.05, 4.69) is 10.9 Å². The highest BCUT2D eigenvalue weighted by molar-refractivity contribution is 5.83. The standard InChI is InChI=1S/C5H9N2O/c1-5(2)3-6-7-4(5)8/h3H2,1-2H3,(H,7,8). The summed E-state index contributed by atoms with van der Waals surface area (Å²) in [7, 11) is 0. The molecular weight excluding hydrogens is 104 g/mol. The van der Waals surface area contributed by atoms with Crippen LogP contribution in [0.25, 0.3) is 0 Å². The van der Waals surface area contributed by atoms with Gasteiger partial charge >= 0.3 is 0 Å². The third-order valence-corrected chi connectivity index (χ3v) is 1.27. The fraction of sp³-hybridized carbons (Fsp3) is 0.800. The smallest absolute Gasteiger partial charge is 0.242 e. The normalized spacial score (nSPS) is 25.5. The molecule has 1 rings (SSSR count). The van der Waals surface area contributed by atoms with Crippen molar-refractivity contribution in [2.24, 2.45) is 5.41 Å². The van der Waals surface area contributed by atoms with Crippen LogP contribution in [0.1, 0.15) is 13.8 Å². The molecule has 1 fully saturated rings. The third kappa shape index (κ3) is 0.690. The summed E-state index contributed by atoms with van der Waals surface area (Å²) in [5.74, 6) is 0.0255. The molecule has 1 saturated heterocycles. The third-order valence-electron chi connectivity index (χ3n) is 1.27. The highest BCUT2D eigenvalue weighted by Gasteiger charge is 2.33. The molecule has 1 aliphatic heterocycles. The predicted molar refractivity (Wildman–Crippen MR) is 28.9 cm³/mol. The summed E-state index contributed by atoms with van der Waals surface area (Å²) in [5, 5.41) is 0. The minimum absolute atomic E-state index is 0.0255. The first-order valence-electron chi connectivity index (χ1n) is 2.60. The Balaban J connectivity index is 2.68. The quantitative estimate of drug-likeness (QED) is 0.459. The van der Waals surface area contributed by atoms with E-state index < -0.39 is 0 Å². The average Bonchev–Trinajstić information content (AvgIpc) is 1.86. The van der Waals surface area contributed by atoms with Crippen molar-refractivity contribution in [3.05, 3.63) is 0 Å². The first kappa shape index (κ1) is 5.56. The fourth-order valence-corrected chi connectivity index (χ4v) is 0.532. The Morgan fingerprint density at radius 1 is 1.75 bits per heavy atom. The molecule has 1 amide bonds. The van der Waals surface area contributed by atoms with E-state index in [1.165, 1.54) is 0 Å². The number of nitrogens with zero attached hydrogens (tertiary/aromatic N) is 1. The van der Waals surface area contributed by atoms with E-state index in [9.17, 15) is 4.79 Å². The van der Waals surface area contributed by atoms with Crippen LogP contribution in [0.5, 0.6) is 0 Å². The molecule has 0 bridgehead atoms. The number of hydrogen-bond acceptors (Lipinski definition) is 1. The van der Waals surface area contributed by atoms with Crippen molar-refractivity contribution >= 4 is 5.91 Å². The molecule has 0 aliphatic carbocycles. The Morgan fingerprint density at radius 3 is 2.50 bits per heavy atom. The topological polar surface area (TPSA) is 43.2 Å². The lowest BCUT2D eigenvalue weighted by molar-refractivity contribution is -0.125. The van der Waals surface area contributed by atoms with E-state index in [0.29, 0.717) is 6.54 Å². The molecule has 0 aromatic rings. The molecule has 45 valence electrons. The maximum atomic E-state index is 10.7. The van der Waals surface area contributed by atoms with Crippen LogP contribution in [-0.2, 0) is 4.79 Å². The van der Waals surface area contributed by atoms with Crippen molar-refractivity contribution in [1.29, 1.82) is 0 Å². The molecule has 1 radical (unpaired) electrons. The van der Waals surface area contributed by atoms with E-state index in [4.69, 9.17) is 0 Å². The molecule has 0 aromatic heterocycles. The molecular formula is C5H9N2O. The van der Waals surface area contributed by atoms with Gasteiger partial charge in [-0.05, 0) is 13.8 Å². The summed E-state index contributed by atoms with van der Waals surface area (Å²) in [6.07, 6.45) is 0. The number of carbonyl (C=O) groups is 1. The van der Waals surface area contributed by atoms with Crippen LogP contribution in [0, 0.1) is 5.41 Å². The number of rotatable bonds is 0. The number of carbonyl (C=O) groups excluding carboxylic acids is 1. The Kier molecular flexibility index (Phi) is 1.01. The zero-order valence-corrected chi connectivity index (χ0v) is 5.06. The molecule has 0 spiro atoms. The van der Waals surface area contributed by atoms with E-state index >= 15 is 0 Å². The van der Waals surface area contributed by atoms with E-state index in [1.54, 1.807) is 0 Å². The van der Waals surface area contributed by atoms with Crippen molar-refractivity contribution in [3.8, 4) is 0 Å². The molecule has 3 nitrogen and oxygen atoms in total. The Bertz CT molecular complexity index is 120. The van der Waals surface area contributed by atoms with Crippen molar-refractivity contribution in [2.75, 3.05) is 6.54 Å². The van der Waals surface area contributed by atoms with Gasteiger partial charge in [-0.25, -0.2) is 0 Å². The Hall–Kier alpha value is -0.570. The van der Waals surface area contributed by atoms with Gasteiger partial charge in [0.1, 0.15) is 0 Å². The monoisotopic (exact) mass is 113 g/mol. The zero-order chi connectivity index (χ0) is 6.20. The second-order valence-corrected chi connectivity index (χ2v) is 2.64. The minimum Gasteiger partial charge on any atom is -0.273 e. The van der Waals surface area contributed by atoms with Gasteiger partial charge in [-0.1, -0.05) is 0 Å². The van der Waals surface area contributed by atoms with E-state index in [1.807, 2.05) is 13.8 Å². The minimum atomic E-state index is -0.264. The SMILES string of the molecule is CC1(C)C[N]NC1=O. The number of amides is 1. The van der Waals surface area contributed by atoms with Gasteiger partial charge in [-0.2, -0.15) is 0 Å². The van der Waals surface area contributed by atoms with Gasteiger partial charge in [-0.3, -0.25) is 10.2 Å². The second-order valence-electron chi connectivity index (χ2n) is 2.64. The molecule has 0 aromatic carbocycles. The summed E-state index contributed by atoms with van der Waals surface area (Å²) in [5.41, 5.74) is 5.85. The van der Waals surface area contributed by atoms with Crippen LogP contribution in [0.4, 0.5) is 0 Å². The molecule has 8 heavy (non-hydrogen) atoms. The number of nitrogens with one attached hydrogen (secondary N) is 1. The molecule has 1 N–H and O–H groups in total. The van der Waals surface area contributed by atoms with Gasteiger partial charge in [0.05, 0.1) is 5.41 Å². The summed E-state index contributed by atoms with van der Waals surface area (Å²) >= 11 is 0. The van der Waals surface area contributed by atoms with Crippen molar-refractivity contribution in [1.82, 2.24) is 10.9 Å². The first-order chi connectivity index (χ1) is 3.63. The van der Waals surface area contributed by atoms with Crippen LogP contribution >= 0.6 is 0 Å². The molecule has 0 unspecified atom stereocenters.